The van der Waals surface area contributed by atoms with Crippen LogP contribution < -0.4 is 16.2 Å². The Balaban J connectivity index is 2.43. The Morgan fingerprint density at radius 2 is 2.27 bits per heavy atom. The van der Waals surface area contributed by atoms with E-state index >= 15 is 0 Å². The smallest absolute Gasteiger partial charge is 0.306 e. The van der Waals surface area contributed by atoms with Crippen LogP contribution in [-0.4, -0.2) is 37.1 Å². The number of hydrogen-bond acceptors (Lipinski definition) is 4. The van der Waals surface area contributed by atoms with Crippen LogP contribution in [-0.2, 0) is 4.79 Å². The number of nitrogens with one attached hydrogen (secondary N) is 3. The number of halogens is 3. The van der Waals surface area contributed by atoms with E-state index in [2.05, 4.69) is 15.7 Å². The van der Waals surface area contributed by atoms with Crippen molar-refractivity contribution in [3.63, 3.8) is 0 Å². The first kappa shape index (κ1) is 11.8. The topological polar surface area (TPSA) is 65.5 Å². The monoisotopic (exact) mass is 224 g/mol. The minimum atomic E-state index is -4.89. The highest BCUT2D eigenvalue weighted by atomic mass is 19.4. The fourth-order valence-electron chi connectivity index (χ4n) is 1.03. The minimum Gasteiger partial charge on any atom is -0.306 e. The van der Waals surface area contributed by atoms with Gasteiger partial charge in [0.05, 0.1) is 12.6 Å². The van der Waals surface area contributed by atoms with E-state index in [1.54, 1.807) is 6.92 Å². The molecule has 8 heteroatoms. The minimum absolute atomic E-state index is 0.202. The summed E-state index contributed by atoms with van der Waals surface area (Å²) in [4.78, 5) is 14.4. The van der Waals surface area contributed by atoms with E-state index in [-0.39, 0.29) is 6.04 Å². The van der Waals surface area contributed by atoms with Crippen LogP contribution in [0.25, 0.3) is 0 Å². The average Bonchev–Trinajstić information content (AvgIpc) is 2.14. The molecule has 15 heavy (non-hydrogen) atoms. The number of hydrogen-bond donors (Lipinski definition) is 3. The predicted molar refractivity (Wildman–Crippen MR) is 47.1 cm³/mol. The maximum Gasteiger partial charge on any atom is 0.472 e. The Hall–Kier alpha value is -1.31. The molecule has 0 spiro atoms. The molecule has 1 atom stereocenters. The lowest BCUT2D eigenvalue weighted by molar-refractivity contribution is -0.174. The molecule has 3 N–H and O–H groups in total. The SMILES string of the molecule is CC1NCCN=C1NNC(=O)C(F)(F)F. The van der Waals surface area contributed by atoms with Gasteiger partial charge in [0.15, 0.2) is 0 Å². The first-order chi connectivity index (χ1) is 6.91. The van der Waals surface area contributed by atoms with Gasteiger partial charge in [-0.15, -0.1) is 0 Å². The number of nitrogens with zero attached hydrogens (tertiary/aromatic N) is 1. The van der Waals surface area contributed by atoms with Crippen LogP contribution in [0.5, 0.6) is 0 Å². The number of carbonyl (C=O) groups is 1. The molecule has 1 heterocycles. The van der Waals surface area contributed by atoms with Crippen molar-refractivity contribution in [2.45, 2.75) is 19.1 Å². The third-order valence-electron chi connectivity index (χ3n) is 1.82. The molecule has 0 aromatic rings. The fourth-order valence-corrected chi connectivity index (χ4v) is 1.03. The molecule has 1 unspecified atom stereocenters. The summed E-state index contributed by atoms with van der Waals surface area (Å²) in [6, 6.07) is -0.202. The van der Waals surface area contributed by atoms with E-state index in [9.17, 15) is 18.0 Å². The van der Waals surface area contributed by atoms with Crippen LogP contribution in [0.1, 0.15) is 6.92 Å². The van der Waals surface area contributed by atoms with Gasteiger partial charge in [0.1, 0.15) is 5.84 Å². The van der Waals surface area contributed by atoms with Gasteiger partial charge in [0.2, 0.25) is 0 Å². The normalized spacial score (nSPS) is 21.9. The second kappa shape index (κ2) is 4.47. The molecule has 0 radical (unpaired) electrons. The Morgan fingerprint density at radius 1 is 1.60 bits per heavy atom. The van der Waals surface area contributed by atoms with Gasteiger partial charge in [0.25, 0.3) is 0 Å². The maximum atomic E-state index is 11.8. The average molecular weight is 224 g/mol. The molecule has 1 aliphatic heterocycles. The molecule has 0 aliphatic carbocycles. The zero-order valence-electron chi connectivity index (χ0n) is 7.98. The summed E-state index contributed by atoms with van der Waals surface area (Å²) in [7, 11) is 0. The van der Waals surface area contributed by atoms with Gasteiger partial charge in [-0.2, -0.15) is 13.2 Å². The number of rotatable bonds is 0. The lowest BCUT2D eigenvalue weighted by Gasteiger charge is -2.22. The molecule has 1 amide bonds. The number of amides is 1. The summed E-state index contributed by atoms with van der Waals surface area (Å²) in [6.07, 6.45) is -4.89. The van der Waals surface area contributed by atoms with E-state index < -0.39 is 12.1 Å². The van der Waals surface area contributed by atoms with Gasteiger partial charge in [-0.05, 0) is 6.92 Å². The van der Waals surface area contributed by atoms with E-state index in [0.29, 0.717) is 18.9 Å². The van der Waals surface area contributed by atoms with Gasteiger partial charge in [-0.25, -0.2) is 0 Å². The second-order valence-electron chi connectivity index (χ2n) is 3.02. The third kappa shape index (κ3) is 3.39. The number of amidine groups is 1. The highest BCUT2D eigenvalue weighted by Gasteiger charge is 2.39. The van der Waals surface area contributed by atoms with Crippen molar-refractivity contribution in [3.8, 4) is 0 Å². The molecular formula is C7H11F3N4O. The van der Waals surface area contributed by atoms with Gasteiger partial charge < -0.3 is 5.32 Å². The molecule has 0 saturated heterocycles. The Bertz CT molecular complexity index is 276. The quantitative estimate of drug-likeness (QED) is 0.489. The first-order valence-corrected chi connectivity index (χ1v) is 4.32. The van der Waals surface area contributed by atoms with Crippen molar-refractivity contribution in [2.24, 2.45) is 4.99 Å². The van der Waals surface area contributed by atoms with Crippen LogP contribution in [0.4, 0.5) is 13.2 Å². The Labute approximate surface area is 84.1 Å². The molecule has 1 aliphatic rings. The molecule has 0 fully saturated rings. The summed E-state index contributed by atoms with van der Waals surface area (Å²) >= 11 is 0. The van der Waals surface area contributed by atoms with E-state index in [1.807, 2.05) is 0 Å². The zero-order chi connectivity index (χ0) is 11.5. The first-order valence-electron chi connectivity index (χ1n) is 4.32. The highest BCUT2D eigenvalue weighted by Crippen LogP contribution is 2.13. The maximum absolute atomic E-state index is 11.8. The lowest BCUT2D eigenvalue weighted by atomic mass is 10.3. The molecule has 5 nitrogen and oxygen atoms in total. The predicted octanol–water partition coefficient (Wildman–Crippen LogP) is -0.440. The largest absolute Gasteiger partial charge is 0.472 e. The summed E-state index contributed by atoms with van der Waals surface area (Å²) < 4.78 is 35.4. The van der Waals surface area contributed by atoms with Crippen LogP contribution in [0.2, 0.25) is 0 Å². The Morgan fingerprint density at radius 3 is 2.80 bits per heavy atom. The van der Waals surface area contributed by atoms with E-state index in [0.717, 1.165) is 0 Å². The molecule has 0 aromatic carbocycles. The molecule has 0 bridgehead atoms. The van der Waals surface area contributed by atoms with Crippen LogP contribution >= 0.6 is 0 Å². The lowest BCUT2D eigenvalue weighted by Crippen LogP contribution is -2.55. The highest BCUT2D eigenvalue weighted by molar-refractivity contribution is 5.90. The van der Waals surface area contributed by atoms with Gasteiger partial charge >= 0.3 is 12.1 Å². The molecule has 1 rings (SSSR count). The molecule has 0 saturated carbocycles. The molecule has 0 aromatic heterocycles. The van der Waals surface area contributed by atoms with Crippen molar-refractivity contribution < 1.29 is 18.0 Å². The van der Waals surface area contributed by atoms with Crippen molar-refractivity contribution in [3.05, 3.63) is 0 Å². The van der Waals surface area contributed by atoms with Gasteiger partial charge in [-0.3, -0.25) is 20.6 Å². The van der Waals surface area contributed by atoms with Crippen molar-refractivity contribution in [1.82, 2.24) is 16.2 Å². The summed E-state index contributed by atoms with van der Waals surface area (Å²) in [5.41, 5.74) is 3.68. The summed E-state index contributed by atoms with van der Waals surface area (Å²) in [5.74, 6) is -1.75. The van der Waals surface area contributed by atoms with E-state index in [1.165, 1.54) is 5.43 Å². The van der Waals surface area contributed by atoms with Crippen molar-refractivity contribution in [2.75, 3.05) is 13.1 Å². The van der Waals surface area contributed by atoms with Crippen molar-refractivity contribution >= 4 is 11.7 Å². The van der Waals surface area contributed by atoms with Gasteiger partial charge in [0, 0.05) is 6.54 Å². The van der Waals surface area contributed by atoms with Gasteiger partial charge in [-0.1, -0.05) is 0 Å². The molecule has 86 valence electrons. The number of carbonyl (C=O) groups excluding carboxylic acids is 1. The third-order valence-corrected chi connectivity index (χ3v) is 1.82. The standard InChI is InChI=1S/C7H11F3N4O/c1-4-5(12-3-2-11-4)13-14-6(15)7(8,9)10/h4,11H,2-3H2,1H3,(H,12,13)(H,14,15). The van der Waals surface area contributed by atoms with Crippen molar-refractivity contribution in [1.29, 1.82) is 0 Å². The fraction of sp³-hybridized carbons (Fsp3) is 0.714. The second-order valence-corrected chi connectivity index (χ2v) is 3.02. The summed E-state index contributed by atoms with van der Waals surface area (Å²) in [6.45, 7) is 2.86. The summed E-state index contributed by atoms with van der Waals surface area (Å²) in [5, 5.41) is 2.97. The van der Waals surface area contributed by atoms with Crippen LogP contribution in [0.3, 0.4) is 0 Å². The van der Waals surface area contributed by atoms with Crippen LogP contribution in [0, 0.1) is 0 Å². The number of aliphatic imine (C=N–C) groups is 1. The molecular weight excluding hydrogens is 213 g/mol. The zero-order valence-corrected chi connectivity index (χ0v) is 7.98. The van der Waals surface area contributed by atoms with E-state index in [4.69, 9.17) is 0 Å². The number of alkyl halides is 3. The number of hydrazine groups is 1. The van der Waals surface area contributed by atoms with Crippen LogP contribution in [0.15, 0.2) is 4.99 Å². The Kier molecular flexibility index (Phi) is 3.51.